The van der Waals surface area contributed by atoms with Crippen LogP contribution in [0.3, 0.4) is 0 Å². The van der Waals surface area contributed by atoms with Crippen molar-refractivity contribution in [1.29, 1.82) is 0 Å². The molecule has 0 fully saturated rings. The van der Waals surface area contributed by atoms with Crippen molar-refractivity contribution in [3.63, 3.8) is 0 Å². The maximum atomic E-state index is 12.5. The third kappa shape index (κ3) is 6.22. The van der Waals surface area contributed by atoms with Crippen LogP contribution in [0.5, 0.6) is 5.75 Å². The van der Waals surface area contributed by atoms with Gasteiger partial charge in [0.25, 0.3) is 0 Å². The molecule has 0 aliphatic carbocycles. The molecule has 164 valence electrons. The van der Waals surface area contributed by atoms with Crippen LogP contribution in [-0.4, -0.2) is 42.7 Å². The standard InChI is InChI=1S/C21H30BNO7/c1-4-8-14(6-3)20(25)28-13-29-21(26)16-11-7-10-15-12-17(22(27)30-19(15)16)23-18(24)9-5-2/h7,10-11,14,17,27H,4-6,8-9,12-13H2,1-3H3,(H,23,24). The lowest BCUT2D eigenvalue weighted by Gasteiger charge is -2.29. The first kappa shape index (κ1) is 23.7. The van der Waals surface area contributed by atoms with Crippen molar-refractivity contribution in [2.24, 2.45) is 5.92 Å². The molecule has 1 aromatic rings. The van der Waals surface area contributed by atoms with Gasteiger partial charge in [0.15, 0.2) is 0 Å². The molecule has 0 aromatic heterocycles. The van der Waals surface area contributed by atoms with Crippen LogP contribution in [0.25, 0.3) is 0 Å². The number of ether oxygens (including phenoxy) is 2. The number of hydrogen-bond donors (Lipinski definition) is 2. The number of carbonyl (C=O) groups is 3. The number of fused-ring (bicyclic) bond motifs is 1. The van der Waals surface area contributed by atoms with Crippen molar-refractivity contribution in [1.82, 2.24) is 5.32 Å². The summed E-state index contributed by atoms with van der Waals surface area (Å²) in [6.07, 6.45) is 3.62. The minimum Gasteiger partial charge on any atom is -0.534 e. The molecule has 2 rings (SSSR count). The third-order valence-electron chi connectivity index (χ3n) is 5.02. The summed E-state index contributed by atoms with van der Waals surface area (Å²) in [4.78, 5) is 36.3. The summed E-state index contributed by atoms with van der Waals surface area (Å²) in [7, 11) is -1.29. The summed E-state index contributed by atoms with van der Waals surface area (Å²) < 4.78 is 15.7. The number of esters is 2. The topological polar surface area (TPSA) is 111 Å². The molecule has 1 aliphatic heterocycles. The SMILES string of the molecule is CCCC(=O)NC1Cc2cccc(C(=O)OCOC(=O)C(CC)CCC)c2OB1O. The molecule has 0 saturated heterocycles. The molecule has 2 N–H and O–H groups in total. The molecule has 0 saturated carbocycles. The summed E-state index contributed by atoms with van der Waals surface area (Å²) in [6.45, 7) is 5.30. The Hall–Kier alpha value is -2.55. The second kappa shape index (κ2) is 11.6. The van der Waals surface area contributed by atoms with Crippen LogP contribution in [0, 0.1) is 5.92 Å². The number of nitrogens with one attached hydrogen (secondary N) is 1. The normalized spacial score (nSPS) is 16.1. The first-order chi connectivity index (χ1) is 14.4. The Kier molecular flexibility index (Phi) is 9.17. The summed E-state index contributed by atoms with van der Waals surface area (Å²) in [5, 5.41) is 13.0. The van der Waals surface area contributed by atoms with E-state index >= 15 is 0 Å². The van der Waals surface area contributed by atoms with E-state index in [-0.39, 0.29) is 29.1 Å². The maximum absolute atomic E-state index is 12.5. The van der Waals surface area contributed by atoms with Crippen LogP contribution in [0.1, 0.15) is 68.8 Å². The van der Waals surface area contributed by atoms with Crippen molar-refractivity contribution >= 4 is 25.0 Å². The first-order valence-corrected chi connectivity index (χ1v) is 10.5. The van der Waals surface area contributed by atoms with Crippen molar-refractivity contribution in [2.45, 2.75) is 65.2 Å². The number of para-hydroxylation sites is 1. The quantitative estimate of drug-likeness (QED) is 0.340. The van der Waals surface area contributed by atoms with Crippen molar-refractivity contribution in [3.8, 4) is 5.75 Å². The zero-order chi connectivity index (χ0) is 22.1. The van der Waals surface area contributed by atoms with Gasteiger partial charge in [-0.25, -0.2) is 4.79 Å². The minimum absolute atomic E-state index is 0.126. The molecule has 8 nitrogen and oxygen atoms in total. The molecular formula is C21H30BNO7. The van der Waals surface area contributed by atoms with Gasteiger partial charge in [0, 0.05) is 6.42 Å². The highest BCUT2D eigenvalue weighted by Gasteiger charge is 2.37. The monoisotopic (exact) mass is 419 g/mol. The molecule has 30 heavy (non-hydrogen) atoms. The van der Waals surface area contributed by atoms with E-state index in [9.17, 15) is 19.4 Å². The first-order valence-electron chi connectivity index (χ1n) is 10.5. The Morgan fingerprint density at radius 2 is 2.00 bits per heavy atom. The van der Waals surface area contributed by atoms with Gasteiger partial charge in [-0.15, -0.1) is 0 Å². The minimum atomic E-state index is -1.29. The molecule has 1 aromatic carbocycles. The highest BCUT2D eigenvalue weighted by molar-refractivity contribution is 6.47. The van der Waals surface area contributed by atoms with Crippen molar-refractivity contribution < 1.29 is 33.5 Å². The summed E-state index contributed by atoms with van der Waals surface area (Å²) >= 11 is 0. The Labute approximate surface area is 177 Å². The molecule has 1 heterocycles. The maximum Gasteiger partial charge on any atom is 0.547 e. The Morgan fingerprint density at radius 1 is 1.23 bits per heavy atom. The molecule has 0 spiro atoms. The zero-order valence-corrected chi connectivity index (χ0v) is 17.8. The van der Waals surface area contributed by atoms with Gasteiger partial charge in [0.1, 0.15) is 11.3 Å². The lowest BCUT2D eigenvalue weighted by atomic mass is 9.72. The van der Waals surface area contributed by atoms with Gasteiger partial charge in [0.05, 0.1) is 11.9 Å². The second-order valence-corrected chi connectivity index (χ2v) is 7.34. The van der Waals surface area contributed by atoms with Gasteiger partial charge < -0.3 is 24.5 Å². The number of amides is 1. The number of benzene rings is 1. The van der Waals surface area contributed by atoms with Gasteiger partial charge in [-0.2, -0.15) is 0 Å². The summed E-state index contributed by atoms with van der Waals surface area (Å²) in [5.41, 5.74) is 0.795. The molecular weight excluding hydrogens is 389 g/mol. The van der Waals surface area contributed by atoms with E-state index in [1.54, 1.807) is 12.1 Å². The zero-order valence-electron chi connectivity index (χ0n) is 17.8. The fraction of sp³-hybridized carbons (Fsp3) is 0.571. The van der Waals surface area contributed by atoms with Gasteiger partial charge in [-0.1, -0.05) is 39.3 Å². The van der Waals surface area contributed by atoms with E-state index < -0.39 is 25.8 Å². The predicted octanol–water partition coefficient (Wildman–Crippen LogP) is 2.41. The molecule has 2 atom stereocenters. The summed E-state index contributed by atoms with van der Waals surface area (Å²) in [5.74, 6) is -1.88. The lowest BCUT2D eigenvalue weighted by Crippen LogP contribution is -2.53. The van der Waals surface area contributed by atoms with Crippen LogP contribution < -0.4 is 9.97 Å². The van der Waals surface area contributed by atoms with Crippen LogP contribution in [0.2, 0.25) is 0 Å². The highest BCUT2D eigenvalue weighted by Crippen LogP contribution is 2.30. The van der Waals surface area contributed by atoms with E-state index in [1.807, 2.05) is 20.8 Å². The number of rotatable bonds is 10. The van der Waals surface area contributed by atoms with E-state index in [0.717, 1.165) is 12.8 Å². The van der Waals surface area contributed by atoms with Crippen LogP contribution in [0.15, 0.2) is 18.2 Å². The third-order valence-corrected chi connectivity index (χ3v) is 5.02. The van der Waals surface area contributed by atoms with Crippen LogP contribution in [0.4, 0.5) is 0 Å². The molecule has 1 aliphatic rings. The van der Waals surface area contributed by atoms with Crippen LogP contribution >= 0.6 is 0 Å². The summed E-state index contributed by atoms with van der Waals surface area (Å²) in [6, 6.07) is 4.94. The van der Waals surface area contributed by atoms with Gasteiger partial charge in [-0.3, -0.25) is 9.59 Å². The highest BCUT2D eigenvalue weighted by atomic mass is 16.7. The molecule has 2 unspecified atom stereocenters. The predicted molar refractivity (Wildman–Crippen MR) is 111 cm³/mol. The van der Waals surface area contributed by atoms with Crippen LogP contribution in [-0.2, 0) is 25.5 Å². The van der Waals surface area contributed by atoms with E-state index in [4.69, 9.17) is 14.1 Å². The molecule has 0 radical (unpaired) electrons. The Morgan fingerprint density at radius 3 is 2.67 bits per heavy atom. The molecule has 9 heteroatoms. The average Bonchev–Trinajstić information content (AvgIpc) is 2.72. The lowest BCUT2D eigenvalue weighted by molar-refractivity contribution is -0.157. The van der Waals surface area contributed by atoms with E-state index in [1.165, 1.54) is 6.07 Å². The smallest absolute Gasteiger partial charge is 0.534 e. The second-order valence-electron chi connectivity index (χ2n) is 7.34. The largest absolute Gasteiger partial charge is 0.547 e. The average molecular weight is 419 g/mol. The molecule has 0 bridgehead atoms. The van der Waals surface area contributed by atoms with E-state index in [0.29, 0.717) is 31.2 Å². The fourth-order valence-corrected chi connectivity index (χ4v) is 3.39. The Bertz CT molecular complexity index is 755. The van der Waals surface area contributed by atoms with Gasteiger partial charge >= 0.3 is 19.1 Å². The fourth-order valence-electron chi connectivity index (χ4n) is 3.39. The number of carbonyl (C=O) groups excluding carboxylic acids is 3. The van der Waals surface area contributed by atoms with Crippen molar-refractivity contribution in [3.05, 3.63) is 29.3 Å². The number of hydrogen-bond acceptors (Lipinski definition) is 7. The van der Waals surface area contributed by atoms with Crippen molar-refractivity contribution in [2.75, 3.05) is 6.79 Å². The van der Waals surface area contributed by atoms with Gasteiger partial charge in [-0.05, 0) is 37.3 Å². The molecule has 1 amide bonds. The van der Waals surface area contributed by atoms with Gasteiger partial charge in [0.2, 0.25) is 12.7 Å². The van der Waals surface area contributed by atoms with E-state index in [2.05, 4.69) is 5.32 Å². The Balaban J connectivity index is 1.99.